The summed E-state index contributed by atoms with van der Waals surface area (Å²) in [7, 11) is 0. The standard InChI is InChI=1S/C23H25FN8/c24-17-3-1-2-16(11-17)18-5-4-15(13-27-18)10-19-29-20-21(25)31-23(32-22(20)30-19)28-12-14-6-8-26-9-7-14/h1-5,11,13-14,26H,6-10,12H2,(H4,25,28,29,30,31,32). The molecule has 0 radical (unpaired) electrons. The van der Waals surface area contributed by atoms with Gasteiger partial charge in [0.2, 0.25) is 5.95 Å². The highest BCUT2D eigenvalue weighted by atomic mass is 19.1. The van der Waals surface area contributed by atoms with E-state index in [0.717, 1.165) is 55.1 Å². The van der Waals surface area contributed by atoms with Crippen LogP contribution in [0.25, 0.3) is 22.4 Å². The first-order valence-electron chi connectivity index (χ1n) is 10.8. The van der Waals surface area contributed by atoms with Crippen LogP contribution in [0, 0.1) is 11.7 Å². The van der Waals surface area contributed by atoms with Crippen molar-refractivity contribution in [3.05, 3.63) is 59.8 Å². The Morgan fingerprint density at radius 3 is 2.75 bits per heavy atom. The Hall–Kier alpha value is -3.59. The lowest BCUT2D eigenvalue weighted by molar-refractivity contribution is 0.389. The molecule has 0 unspecified atom stereocenters. The zero-order chi connectivity index (χ0) is 21.9. The van der Waals surface area contributed by atoms with Crippen molar-refractivity contribution in [2.45, 2.75) is 19.3 Å². The molecule has 1 saturated heterocycles. The van der Waals surface area contributed by atoms with Crippen molar-refractivity contribution in [2.75, 3.05) is 30.7 Å². The highest BCUT2D eigenvalue weighted by molar-refractivity contribution is 5.82. The Morgan fingerprint density at radius 1 is 1.09 bits per heavy atom. The van der Waals surface area contributed by atoms with Crippen LogP contribution in [-0.2, 0) is 6.42 Å². The molecule has 0 spiro atoms. The van der Waals surface area contributed by atoms with Gasteiger partial charge in [-0.1, -0.05) is 18.2 Å². The summed E-state index contributed by atoms with van der Waals surface area (Å²) in [5.41, 5.74) is 9.77. The van der Waals surface area contributed by atoms with E-state index in [1.807, 2.05) is 18.2 Å². The van der Waals surface area contributed by atoms with Crippen LogP contribution < -0.4 is 16.4 Å². The maximum atomic E-state index is 13.5. The molecule has 32 heavy (non-hydrogen) atoms. The van der Waals surface area contributed by atoms with Gasteiger partial charge in [-0.2, -0.15) is 9.97 Å². The summed E-state index contributed by atoms with van der Waals surface area (Å²) >= 11 is 0. The molecule has 0 atom stereocenters. The van der Waals surface area contributed by atoms with E-state index in [9.17, 15) is 4.39 Å². The summed E-state index contributed by atoms with van der Waals surface area (Å²) in [6.45, 7) is 2.93. The fraction of sp³-hybridized carbons (Fsp3) is 0.304. The third-order valence-corrected chi connectivity index (χ3v) is 5.75. The van der Waals surface area contributed by atoms with Gasteiger partial charge in [0.05, 0.1) is 5.69 Å². The lowest BCUT2D eigenvalue weighted by atomic mass is 9.98. The predicted octanol–water partition coefficient (Wildman–Crippen LogP) is 3.14. The lowest BCUT2D eigenvalue weighted by Crippen LogP contribution is -2.31. The van der Waals surface area contributed by atoms with Crippen LogP contribution in [0.4, 0.5) is 16.2 Å². The van der Waals surface area contributed by atoms with Gasteiger partial charge in [-0.05, 0) is 55.6 Å². The van der Waals surface area contributed by atoms with E-state index in [4.69, 9.17) is 5.73 Å². The molecule has 0 aliphatic carbocycles. The number of piperidine rings is 1. The minimum absolute atomic E-state index is 0.279. The Bertz CT molecular complexity index is 1210. The van der Waals surface area contributed by atoms with Crippen molar-refractivity contribution in [3.8, 4) is 11.3 Å². The topological polar surface area (TPSA) is 117 Å². The Morgan fingerprint density at radius 2 is 1.97 bits per heavy atom. The number of nitrogen functional groups attached to an aromatic ring is 1. The molecule has 4 heterocycles. The van der Waals surface area contributed by atoms with Gasteiger partial charge in [-0.15, -0.1) is 0 Å². The first-order valence-corrected chi connectivity index (χ1v) is 10.8. The van der Waals surface area contributed by atoms with Crippen molar-refractivity contribution in [1.82, 2.24) is 30.2 Å². The molecular weight excluding hydrogens is 407 g/mol. The van der Waals surface area contributed by atoms with Gasteiger partial charge in [0.25, 0.3) is 0 Å². The summed E-state index contributed by atoms with van der Waals surface area (Å²) in [6, 6.07) is 10.2. The van der Waals surface area contributed by atoms with Gasteiger partial charge >= 0.3 is 0 Å². The van der Waals surface area contributed by atoms with Gasteiger partial charge in [0.1, 0.15) is 17.2 Å². The van der Waals surface area contributed by atoms with Crippen LogP contribution >= 0.6 is 0 Å². The smallest absolute Gasteiger partial charge is 0.226 e. The third-order valence-electron chi connectivity index (χ3n) is 5.75. The summed E-state index contributed by atoms with van der Waals surface area (Å²) in [6.07, 6.45) is 4.60. The summed E-state index contributed by atoms with van der Waals surface area (Å²) in [5.74, 6) is 1.94. The number of halogens is 1. The normalized spacial score (nSPS) is 14.7. The Kier molecular flexibility index (Phi) is 5.64. The molecular formula is C23H25FN8. The second-order valence-corrected chi connectivity index (χ2v) is 8.13. The number of nitrogens with one attached hydrogen (secondary N) is 3. The van der Waals surface area contributed by atoms with Gasteiger partial charge in [-0.3, -0.25) is 4.98 Å². The molecule has 4 aromatic rings. The third kappa shape index (κ3) is 4.52. The number of pyridine rings is 1. The summed E-state index contributed by atoms with van der Waals surface area (Å²) < 4.78 is 13.5. The summed E-state index contributed by atoms with van der Waals surface area (Å²) in [4.78, 5) is 21.2. The Labute approximate surface area is 184 Å². The SMILES string of the molecule is Nc1nc(NCC2CCNCC2)nc2nc(Cc3ccc(-c4cccc(F)c4)nc3)[nH]c12. The quantitative estimate of drug-likeness (QED) is 0.370. The fourth-order valence-corrected chi connectivity index (χ4v) is 3.99. The number of aromatic nitrogens is 5. The van der Waals surface area contributed by atoms with E-state index in [0.29, 0.717) is 35.3 Å². The number of hydrogen-bond acceptors (Lipinski definition) is 7. The summed E-state index contributed by atoms with van der Waals surface area (Å²) in [5, 5.41) is 6.68. The van der Waals surface area contributed by atoms with E-state index in [-0.39, 0.29) is 5.82 Å². The molecule has 1 aliphatic heterocycles. The molecule has 1 fully saturated rings. The molecule has 5 rings (SSSR count). The molecule has 8 nitrogen and oxygen atoms in total. The Balaban J connectivity index is 1.29. The molecule has 1 aromatic carbocycles. The van der Waals surface area contributed by atoms with Crippen LogP contribution in [0.3, 0.4) is 0 Å². The van der Waals surface area contributed by atoms with Crippen LogP contribution in [-0.4, -0.2) is 44.6 Å². The molecule has 1 aliphatic rings. The maximum absolute atomic E-state index is 13.5. The molecule has 3 aromatic heterocycles. The first kappa shape index (κ1) is 20.3. The highest BCUT2D eigenvalue weighted by Crippen LogP contribution is 2.21. The van der Waals surface area contributed by atoms with Crippen molar-refractivity contribution in [3.63, 3.8) is 0 Å². The largest absolute Gasteiger partial charge is 0.382 e. The number of nitrogens with two attached hydrogens (primary N) is 1. The number of fused-ring (bicyclic) bond motifs is 1. The molecule has 9 heteroatoms. The van der Waals surface area contributed by atoms with Crippen LogP contribution in [0.5, 0.6) is 0 Å². The number of nitrogens with zero attached hydrogens (tertiary/aromatic N) is 4. The number of benzene rings is 1. The number of hydrogen-bond donors (Lipinski definition) is 4. The van der Waals surface area contributed by atoms with E-state index in [1.165, 1.54) is 12.1 Å². The van der Waals surface area contributed by atoms with E-state index >= 15 is 0 Å². The second-order valence-electron chi connectivity index (χ2n) is 8.13. The number of rotatable bonds is 6. The van der Waals surface area contributed by atoms with E-state index in [2.05, 4.69) is 35.6 Å². The van der Waals surface area contributed by atoms with Gasteiger partial charge < -0.3 is 21.4 Å². The molecule has 164 valence electrons. The average molecular weight is 433 g/mol. The van der Waals surface area contributed by atoms with Crippen molar-refractivity contribution < 1.29 is 4.39 Å². The average Bonchev–Trinajstić information content (AvgIpc) is 3.22. The van der Waals surface area contributed by atoms with Gasteiger partial charge in [0.15, 0.2) is 11.5 Å². The second kappa shape index (κ2) is 8.88. The molecule has 0 saturated carbocycles. The predicted molar refractivity (Wildman–Crippen MR) is 123 cm³/mol. The van der Waals surface area contributed by atoms with Crippen molar-refractivity contribution in [1.29, 1.82) is 0 Å². The van der Waals surface area contributed by atoms with Crippen LogP contribution in [0.2, 0.25) is 0 Å². The maximum Gasteiger partial charge on any atom is 0.226 e. The van der Waals surface area contributed by atoms with E-state index in [1.54, 1.807) is 12.3 Å². The van der Waals surface area contributed by atoms with E-state index < -0.39 is 0 Å². The number of H-pyrrole nitrogens is 1. The molecule has 0 amide bonds. The number of anilines is 2. The van der Waals surface area contributed by atoms with Gasteiger partial charge in [-0.25, -0.2) is 9.37 Å². The highest BCUT2D eigenvalue weighted by Gasteiger charge is 2.15. The van der Waals surface area contributed by atoms with Crippen molar-refractivity contribution in [2.24, 2.45) is 5.92 Å². The molecule has 5 N–H and O–H groups in total. The zero-order valence-corrected chi connectivity index (χ0v) is 17.6. The monoisotopic (exact) mass is 432 g/mol. The van der Waals surface area contributed by atoms with Crippen molar-refractivity contribution >= 4 is 22.9 Å². The van der Waals surface area contributed by atoms with Gasteiger partial charge in [0, 0.05) is 24.7 Å². The number of aromatic amines is 1. The minimum Gasteiger partial charge on any atom is -0.382 e. The van der Waals surface area contributed by atoms with Crippen LogP contribution in [0.15, 0.2) is 42.6 Å². The lowest BCUT2D eigenvalue weighted by Gasteiger charge is -2.22. The zero-order valence-electron chi connectivity index (χ0n) is 17.6. The fourth-order valence-electron chi connectivity index (χ4n) is 3.99. The minimum atomic E-state index is -0.279. The number of imidazole rings is 1. The van der Waals surface area contributed by atoms with Crippen LogP contribution in [0.1, 0.15) is 24.2 Å². The molecule has 0 bridgehead atoms. The first-order chi connectivity index (χ1) is 15.6.